The monoisotopic (exact) mass is 235 g/mol. The molecule has 0 radical (unpaired) electrons. The van der Waals surface area contributed by atoms with Crippen molar-refractivity contribution >= 4 is 12.0 Å². The van der Waals surface area contributed by atoms with Crippen LogP contribution in [0.1, 0.15) is 20.3 Å². The molecule has 4 heteroatoms. The van der Waals surface area contributed by atoms with Crippen LogP contribution in [0.3, 0.4) is 0 Å². The summed E-state index contributed by atoms with van der Waals surface area (Å²) in [6.07, 6.45) is 4.98. The molecule has 1 saturated heterocycles. The van der Waals surface area contributed by atoms with E-state index in [2.05, 4.69) is 6.58 Å². The van der Waals surface area contributed by atoms with Crippen molar-refractivity contribution in [1.82, 2.24) is 4.90 Å². The van der Waals surface area contributed by atoms with Crippen LogP contribution >= 0.6 is 0 Å². The number of ether oxygens (including phenoxy) is 1. The number of allylic oxidation sites excluding steroid dienone is 4. The van der Waals surface area contributed by atoms with E-state index in [0.717, 1.165) is 16.0 Å². The Morgan fingerprint density at radius 3 is 2.65 bits per heavy atom. The van der Waals surface area contributed by atoms with Crippen LogP contribution in [0.5, 0.6) is 0 Å². The second-order valence-corrected chi connectivity index (χ2v) is 4.03. The van der Waals surface area contributed by atoms with Crippen molar-refractivity contribution in [1.29, 1.82) is 0 Å². The smallest absolute Gasteiger partial charge is 0.416 e. The van der Waals surface area contributed by atoms with Gasteiger partial charge in [-0.25, -0.2) is 9.69 Å². The highest BCUT2D eigenvalue weighted by molar-refractivity contribution is 5.94. The Morgan fingerprint density at radius 2 is 2.18 bits per heavy atom. The number of nitrogens with zero attached hydrogens (tertiary/aromatic N) is 1. The summed E-state index contributed by atoms with van der Waals surface area (Å²) in [7, 11) is 0. The Morgan fingerprint density at radius 1 is 1.47 bits per heavy atom. The highest BCUT2D eigenvalue weighted by Crippen LogP contribution is 2.11. The number of hydrogen-bond donors (Lipinski definition) is 0. The van der Waals surface area contributed by atoms with Crippen molar-refractivity contribution in [3.8, 4) is 0 Å². The summed E-state index contributed by atoms with van der Waals surface area (Å²) in [5.41, 5.74) is 1.92. The number of carbonyl (C=O) groups is 2. The molecule has 1 fully saturated rings. The SMILES string of the molecule is C=C/C(=C\C=C(C)C)CC(=O)N1CCOC1=O. The Hall–Kier alpha value is -1.84. The third-order valence-corrected chi connectivity index (χ3v) is 2.31. The molecule has 2 amide bonds. The predicted octanol–water partition coefficient (Wildman–Crippen LogP) is 2.43. The standard InChI is InChI=1S/C13H17NO3/c1-4-11(6-5-10(2)3)9-12(15)14-7-8-17-13(14)16/h4-6H,1,7-9H2,2-3H3/b11-6+. The third kappa shape index (κ3) is 3.90. The van der Waals surface area contributed by atoms with Gasteiger partial charge in [0.25, 0.3) is 0 Å². The van der Waals surface area contributed by atoms with Crippen LogP contribution in [-0.2, 0) is 9.53 Å². The maximum Gasteiger partial charge on any atom is 0.416 e. The largest absolute Gasteiger partial charge is 0.447 e. The zero-order valence-electron chi connectivity index (χ0n) is 10.2. The highest BCUT2D eigenvalue weighted by atomic mass is 16.6. The number of hydrogen-bond acceptors (Lipinski definition) is 3. The summed E-state index contributed by atoms with van der Waals surface area (Å²) in [5.74, 6) is -0.249. The molecule has 0 aliphatic carbocycles. The molecule has 0 aromatic heterocycles. The highest BCUT2D eigenvalue weighted by Gasteiger charge is 2.28. The molecule has 1 aliphatic rings. The summed E-state index contributed by atoms with van der Waals surface area (Å²) in [6.45, 7) is 8.21. The van der Waals surface area contributed by atoms with Crippen LogP contribution < -0.4 is 0 Å². The molecule has 1 rings (SSSR count). The van der Waals surface area contributed by atoms with E-state index in [1.165, 1.54) is 0 Å². The van der Waals surface area contributed by atoms with Crippen molar-refractivity contribution in [3.05, 3.63) is 36.0 Å². The van der Waals surface area contributed by atoms with E-state index in [4.69, 9.17) is 4.74 Å². The lowest BCUT2D eigenvalue weighted by atomic mass is 10.1. The summed E-state index contributed by atoms with van der Waals surface area (Å²) >= 11 is 0. The number of cyclic esters (lactones) is 1. The molecule has 0 N–H and O–H groups in total. The third-order valence-electron chi connectivity index (χ3n) is 2.31. The summed E-state index contributed by atoms with van der Waals surface area (Å²) in [4.78, 5) is 24.1. The Labute approximate surface area is 101 Å². The topological polar surface area (TPSA) is 46.6 Å². The lowest BCUT2D eigenvalue weighted by Crippen LogP contribution is -2.31. The molecule has 0 aromatic rings. The molecule has 0 unspecified atom stereocenters. The van der Waals surface area contributed by atoms with Crippen LogP contribution in [-0.4, -0.2) is 30.1 Å². The summed E-state index contributed by atoms with van der Waals surface area (Å²) < 4.78 is 4.71. The van der Waals surface area contributed by atoms with Crippen molar-refractivity contribution in [2.45, 2.75) is 20.3 Å². The first-order valence-electron chi connectivity index (χ1n) is 5.48. The minimum Gasteiger partial charge on any atom is -0.447 e. The second kappa shape index (κ2) is 6.03. The minimum absolute atomic E-state index is 0.169. The van der Waals surface area contributed by atoms with Crippen molar-refractivity contribution in [2.24, 2.45) is 0 Å². The summed E-state index contributed by atoms with van der Waals surface area (Å²) in [5, 5.41) is 0. The quantitative estimate of drug-likeness (QED) is 0.703. The van der Waals surface area contributed by atoms with Gasteiger partial charge in [-0.3, -0.25) is 4.79 Å². The zero-order valence-corrected chi connectivity index (χ0v) is 10.2. The van der Waals surface area contributed by atoms with Gasteiger partial charge in [0.1, 0.15) is 6.61 Å². The first-order valence-corrected chi connectivity index (χ1v) is 5.48. The minimum atomic E-state index is -0.555. The van der Waals surface area contributed by atoms with Gasteiger partial charge in [0.2, 0.25) is 5.91 Å². The molecule has 0 bridgehead atoms. The lowest BCUT2D eigenvalue weighted by Gasteiger charge is -2.10. The van der Waals surface area contributed by atoms with Gasteiger partial charge in [-0.1, -0.05) is 30.4 Å². The van der Waals surface area contributed by atoms with Gasteiger partial charge in [0, 0.05) is 0 Å². The zero-order chi connectivity index (χ0) is 12.8. The molecule has 1 aliphatic heterocycles. The van der Waals surface area contributed by atoms with Gasteiger partial charge >= 0.3 is 6.09 Å². The van der Waals surface area contributed by atoms with Gasteiger partial charge in [0.15, 0.2) is 0 Å². The van der Waals surface area contributed by atoms with Crippen LogP contribution in [0.15, 0.2) is 36.0 Å². The van der Waals surface area contributed by atoms with Crippen LogP contribution in [0.25, 0.3) is 0 Å². The van der Waals surface area contributed by atoms with E-state index in [1.807, 2.05) is 26.0 Å². The van der Waals surface area contributed by atoms with Crippen LogP contribution in [0, 0.1) is 0 Å². The van der Waals surface area contributed by atoms with E-state index >= 15 is 0 Å². The fraction of sp³-hybridized carbons (Fsp3) is 0.385. The average Bonchev–Trinajstić information content (AvgIpc) is 2.70. The lowest BCUT2D eigenvalue weighted by molar-refractivity contribution is -0.126. The van der Waals surface area contributed by atoms with Gasteiger partial charge in [-0.15, -0.1) is 0 Å². The van der Waals surface area contributed by atoms with Gasteiger partial charge in [0.05, 0.1) is 13.0 Å². The van der Waals surface area contributed by atoms with E-state index < -0.39 is 6.09 Å². The molecule has 1 heterocycles. The van der Waals surface area contributed by atoms with Gasteiger partial charge < -0.3 is 4.74 Å². The molecule has 0 aromatic carbocycles. The molecule has 4 nitrogen and oxygen atoms in total. The molecule has 0 atom stereocenters. The molecule has 0 spiro atoms. The van der Waals surface area contributed by atoms with Crippen molar-refractivity contribution < 1.29 is 14.3 Å². The first-order chi connectivity index (χ1) is 8.04. The fourth-order valence-corrected chi connectivity index (χ4v) is 1.36. The molecule has 17 heavy (non-hydrogen) atoms. The summed E-state index contributed by atoms with van der Waals surface area (Å²) in [6, 6.07) is 0. The number of rotatable bonds is 4. The molecular weight excluding hydrogens is 218 g/mol. The van der Waals surface area contributed by atoms with E-state index in [-0.39, 0.29) is 18.9 Å². The average molecular weight is 235 g/mol. The fourth-order valence-electron chi connectivity index (χ4n) is 1.36. The first kappa shape index (κ1) is 13.2. The maximum absolute atomic E-state index is 11.8. The number of imide groups is 1. The molecular formula is C13H17NO3. The molecule has 0 saturated carbocycles. The van der Waals surface area contributed by atoms with Crippen molar-refractivity contribution in [2.75, 3.05) is 13.2 Å². The van der Waals surface area contributed by atoms with Gasteiger partial charge in [-0.2, -0.15) is 0 Å². The Bertz CT molecular complexity index is 389. The van der Waals surface area contributed by atoms with E-state index in [9.17, 15) is 9.59 Å². The Balaban J connectivity index is 2.65. The van der Waals surface area contributed by atoms with Gasteiger partial charge in [-0.05, 0) is 19.4 Å². The van der Waals surface area contributed by atoms with Crippen LogP contribution in [0.2, 0.25) is 0 Å². The van der Waals surface area contributed by atoms with E-state index in [1.54, 1.807) is 6.08 Å². The molecule has 92 valence electrons. The Kier molecular flexibility index (Phi) is 4.69. The van der Waals surface area contributed by atoms with Crippen LogP contribution in [0.4, 0.5) is 4.79 Å². The normalized spacial score (nSPS) is 15.5. The number of amides is 2. The van der Waals surface area contributed by atoms with E-state index in [0.29, 0.717) is 6.54 Å². The number of carbonyl (C=O) groups excluding carboxylic acids is 2. The predicted molar refractivity (Wildman–Crippen MR) is 65.4 cm³/mol. The second-order valence-electron chi connectivity index (χ2n) is 4.03. The maximum atomic E-state index is 11.8. The van der Waals surface area contributed by atoms with Crippen molar-refractivity contribution in [3.63, 3.8) is 0 Å².